The summed E-state index contributed by atoms with van der Waals surface area (Å²) < 4.78 is 14.0. The molecule has 0 aliphatic carbocycles. The van der Waals surface area contributed by atoms with E-state index in [0.717, 1.165) is 5.00 Å². The molecule has 6 heteroatoms. The third kappa shape index (κ3) is 2.83. The number of thiophene rings is 1. The van der Waals surface area contributed by atoms with Crippen LogP contribution in [-0.2, 0) is 0 Å². The minimum atomic E-state index is -0.550. The first-order valence-corrected chi connectivity index (χ1v) is 8.13. The summed E-state index contributed by atoms with van der Waals surface area (Å²) in [5.41, 5.74) is 1.54. The van der Waals surface area contributed by atoms with Gasteiger partial charge in [-0.15, -0.1) is 11.3 Å². The van der Waals surface area contributed by atoms with Crippen LogP contribution in [0.25, 0.3) is 0 Å². The lowest BCUT2D eigenvalue weighted by Crippen LogP contribution is -2.11. The first-order valence-electron chi connectivity index (χ1n) is 6.87. The maximum absolute atomic E-state index is 14.0. The molecule has 0 N–H and O–H groups in total. The van der Waals surface area contributed by atoms with Gasteiger partial charge >= 0.3 is 0 Å². The zero-order chi connectivity index (χ0) is 17.1. The SMILES string of the molecule is N#Cc1cccc(N(c2ccc(Cl)c(F)c2)c2cccs2)c1C#N. The number of rotatable bonds is 3. The second-order valence-electron chi connectivity index (χ2n) is 4.81. The molecular formula is C18H9ClFN3S. The number of nitrogens with zero attached hydrogens (tertiary/aromatic N) is 3. The minimum absolute atomic E-state index is 0.0242. The van der Waals surface area contributed by atoms with Crippen molar-refractivity contribution in [2.24, 2.45) is 0 Å². The Morgan fingerprint density at radius 2 is 1.88 bits per heavy atom. The number of halogens is 2. The molecule has 3 nitrogen and oxygen atoms in total. The van der Waals surface area contributed by atoms with Crippen LogP contribution in [-0.4, -0.2) is 0 Å². The third-order valence-corrected chi connectivity index (χ3v) is 4.56. The van der Waals surface area contributed by atoms with Gasteiger partial charge in [0.05, 0.1) is 26.8 Å². The van der Waals surface area contributed by atoms with Crippen LogP contribution in [0.5, 0.6) is 0 Å². The smallest absolute Gasteiger partial charge is 0.143 e. The van der Waals surface area contributed by atoms with Crippen LogP contribution in [0.3, 0.4) is 0 Å². The van der Waals surface area contributed by atoms with Gasteiger partial charge in [0.1, 0.15) is 18.0 Å². The molecule has 0 saturated carbocycles. The highest BCUT2D eigenvalue weighted by molar-refractivity contribution is 7.14. The summed E-state index contributed by atoms with van der Waals surface area (Å²) in [6.45, 7) is 0. The summed E-state index contributed by atoms with van der Waals surface area (Å²) in [6, 6.07) is 17.3. The molecule has 116 valence electrons. The van der Waals surface area contributed by atoms with Gasteiger partial charge in [-0.1, -0.05) is 17.7 Å². The molecule has 1 heterocycles. The molecule has 24 heavy (non-hydrogen) atoms. The molecule has 2 aromatic carbocycles. The topological polar surface area (TPSA) is 50.8 Å². The Labute approximate surface area is 147 Å². The van der Waals surface area contributed by atoms with Crippen LogP contribution in [0, 0.1) is 28.5 Å². The molecule has 3 aromatic rings. The van der Waals surface area contributed by atoms with Crippen LogP contribution < -0.4 is 4.90 Å². The van der Waals surface area contributed by atoms with Crippen molar-refractivity contribution < 1.29 is 4.39 Å². The number of nitriles is 2. The first kappa shape index (κ1) is 16.0. The van der Waals surface area contributed by atoms with Gasteiger partial charge in [0.15, 0.2) is 0 Å². The summed E-state index contributed by atoms with van der Waals surface area (Å²) in [4.78, 5) is 1.74. The minimum Gasteiger partial charge on any atom is -0.300 e. The highest BCUT2D eigenvalue weighted by Crippen LogP contribution is 2.40. The average molecular weight is 354 g/mol. The molecule has 0 amide bonds. The summed E-state index contributed by atoms with van der Waals surface area (Å²) >= 11 is 7.22. The van der Waals surface area contributed by atoms with Gasteiger partial charge in [0.25, 0.3) is 0 Å². The molecule has 3 rings (SSSR count). The van der Waals surface area contributed by atoms with Crippen LogP contribution in [0.2, 0.25) is 5.02 Å². The average Bonchev–Trinajstić information content (AvgIpc) is 3.12. The van der Waals surface area contributed by atoms with E-state index in [-0.39, 0.29) is 16.1 Å². The summed E-state index contributed by atoms with van der Waals surface area (Å²) in [5, 5.41) is 21.4. The van der Waals surface area contributed by atoms with E-state index in [0.29, 0.717) is 11.4 Å². The zero-order valence-electron chi connectivity index (χ0n) is 12.2. The molecule has 0 fully saturated rings. The van der Waals surface area contributed by atoms with Crippen molar-refractivity contribution in [2.75, 3.05) is 4.90 Å². The first-order chi connectivity index (χ1) is 11.7. The van der Waals surface area contributed by atoms with Crippen molar-refractivity contribution in [2.45, 2.75) is 0 Å². The quantitative estimate of drug-likeness (QED) is 0.602. The monoisotopic (exact) mass is 353 g/mol. The van der Waals surface area contributed by atoms with Crippen LogP contribution in [0.4, 0.5) is 20.8 Å². The molecular weight excluding hydrogens is 345 g/mol. The second kappa shape index (κ2) is 6.72. The van der Waals surface area contributed by atoms with Crippen molar-refractivity contribution in [3.8, 4) is 12.1 Å². The number of hydrogen-bond acceptors (Lipinski definition) is 4. The predicted octanol–water partition coefficient (Wildman–Crippen LogP) is 5.75. The van der Waals surface area contributed by atoms with E-state index in [1.165, 1.54) is 23.5 Å². The van der Waals surface area contributed by atoms with Crippen LogP contribution >= 0.6 is 22.9 Å². The lowest BCUT2D eigenvalue weighted by molar-refractivity contribution is 0.628. The number of hydrogen-bond donors (Lipinski definition) is 0. The Kier molecular flexibility index (Phi) is 4.48. The van der Waals surface area contributed by atoms with E-state index in [1.54, 1.807) is 29.2 Å². The Bertz CT molecular complexity index is 971. The van der Waals surface area contributed by atoms with Gasteiger partial charge in [-0.05, 0) is 47.8 Å². The third-order valence-electron chi connectivity index (χ3n) is 3.40. The normalized spacial score (nSPS) is 10.0. The highest BCUT2D eigenvalue weighted by Gasteiger charge is 2.19. The van der Waals surface area contributed by atoms with Crippen molar-refractivity contribution in [1.29, 1.82) is 10.5 Å². The Balaban J connectivity index is 2.27. The summed E-state index contributed by atoms with van der Waals surface area (Å²) in [7, 11) is 0. The molecule has 0 aliphatic rings. The van der Waals surface area contributed by atoms with E-state index in [4.69, 9.17) is 11.6 Å². The summed E-state index contributed by atoms with van der Waals surface area (Å²) in [6.07, 6.45) is 0. The zero-order valence-corrected chi connectivity index (χ0v) is 13.8. The Morgan fingerprint density at radius 3 is 2.50 bits per heavy atom. The fourth-order valence-corrected chi connectivity index (χ4v) is 3.22. The van der Waals surface area contributed by atoms with Gasteiger partial charge in [-0.2, -0.15) is 10.5 Å². The molecule has 0 unspecified atom stereocenters. The number of anilines is 3. The van der Waals surface area contributed by atoms with Crippen molar-refractivity contribution in [3.05, 3.63) is 75.9 Å². The highest BCUT2D eigenvalue weighted by atomic mass is 35.5. The van der Waals surface area contributed by atoms with Gasteiger partial charge in [0.2, 0.25) is 0 Å². The van der Waals surface area contributed by atoms with Crippen LogP contribution in [0.1, 0.15) is 11.1 Å². The largest absolute Gasteiger partial charge is 0.300 e. The van der Waals surface area contributed by atoms with Gasteiger partial charge in [-0.3, -0.25) is 0 Å². The number of benzene rings is 2. The Hall–Kier alpha value is -2.86. The van der Waals surface area contributed by atoms with Gasteiger partial charge in [0, 0.05) is 5.69 Å². The lowest BCUT2D eigenvalue weighted by atomic mass is 10.1. The molecule has 0 radical (unpaired) electrons. The maximum Gasteiger partial charge on any atom is 0.143 e. The van der Waals surface area contributed by atoms with E-state index >= 15 is 0 Å². The van der Waals surface area contributed by atoms with Crippen molar-refractivity contribution in [3.63, 3.8) is 0 Å². The van der Waals surface area contributed by atoms with E-state index < -0.39 is 5.82 Å². The fraction of sp³-hybridized carbons (Fsp3) is 0. The van der Waals surface area contributed by atoms with Crippen LogP contribution in [0.15, 0.2) is 53.9 Å². The molecule has 0 spiro atoms. The van der Waals surface area contributed by atoms with E-state index in [1.807, 2.05) is 23.6 Å². The van der Waals surface area contributed by atoms with Crippen molar-refractivity contribution >= 4 is 39.3 Å². The fourth-order valence-electron chi connectivity index (χ4n) is 2.34. The predicted molar refractivity (Wildman–Crippen MR) is 93.4 cm³/mol. The van der Waals surface area contributed by atoms with Gasteiger partial charge in [-0.25, -0.2) is 4.39 Å². The molecule has 0 bridgehead atoms. The molecule has 0 saturated heterocycles. The molecule has 0 atom stereocenters. The van der Waals surface area contributed by atoms with Gasteiger partial charge < -0.3 is 4.90 Å². The van der Waals surface area contributed by atoms with E-state index in [2.05, 4.69) is 6.07 Å². The molecule has 0 aliphatic heterocycles. The maximum atomic E-state index is 14.0. The van der Waals surface area contributed by atoms with Crippen molar-refractivity contribution in [1.82, 2.24) is 0 Å². The summed E-state index contributed by atoms with van der Waals surface area (Å²) in [5.74, 6) is -0.550. The Morgan fingerprint density at radius 1 is 1.04 bits per heavy atom. The molecule has 1 aromatic heterocycles. The van der Waals surface area contributed by atoms with E-state index in [9.17, 15) is 14.9 Å². The standard InChI is InChI=1S/C18H9ClFN3S/c19-15-7-6-13(9-16(15)20)23(18-5-2-8-24-18)17-4-1-3-12(10-21)14(17)11-22/h1-9H. The second-order valence-corrected chi connectivity index (χ2v) is 6.14. The lowest BCUT2D eigenvalue weighted by Gasteiger charge is -2.25.